The lowest BCUT2D eigenvalue weighted by Gasteiger charge is -2.28. The lowest BCUT2D eigenvalue weighted by molar-refractivity contribution is -0.122. The van der Waals surface area contributed by atoms with Crippen LogP contribution in [0.3, 0.4) is 0 Å². The van der Waals surface area contributed by atoms with Crippen molar-refractivity contribution in [2.75, 3.05) is 25.0 Å². The summed E-state index contributed by atoms with van der Waals surface area (Å²) in [5.74, 6) is 1.11. The lowest BCUT2D eigenvalue weighted by atomic mass is 9.85. The second kappa shape index (κ2) is 9.42. The molecule has 24 heavy (non-hydrogen) atoms. The van der Waals surface area contributed by atoms with Gasteiger partial charge >= 0.3 is 0 Å². The number of anilines is 1. The van der Waals surface area contributed by atoms with Gasteiger partial charge in [0.05, 0.1) is 0 Å². The van der Waals surface area contributed by atoms with Gasteiger partial charge in [-0.2, -0.15) is 0 Å². The Morgan fingerprint density at radius 2 is 2.04 bits per heavy atom. The molecule has 1 fully saturated rings. The van der Waals surface area contributed by atoms with Gasteiger partial charge in [-0.1, -0.05) is 19.1 Å². The van der Waals surface area contributed by atoms with Crippen LogP contribution in [0.1, 0.15) is 38.7 Å². The van der Waals surface area contributed by atoms with Crippen LogP contribution >= 0.6 is 0 Å². The zero-order valence-electron chi connectivity index (χ0n) is 14.7. The van der Waals surface area contributed by atoms with Crippen molar-refractivity contribution in [1.82, 2.24) is 10.6 Å². The van der Waals surface area contributed by atoms with Gasteiger partial charge in [-0.25, -0.2) is 0 Å². The summed E-state index contributed by atoms with van der Waals surface area (Å²) in [4.78, 5) is 23.1. The van der Waals surface area contributed by atoms with E-state index in [1.807, 2.05) is 24.3 Å². The Kier molecular flexibility index (Phi) is 7.25. The maximum absolute atomic E-state index is 12.1. The van der Waals surface area contributed by atoms with E-state index in [1.54, 1.807) is 0 Å². The quantitative estimate of drug-likeness (QED) is 0.718. The van der Waals surface area contributed by atoms with Gasteiger partial charge in [-0.15, -0.1) is 0 Å². The molecule has 0 spiro atoms. The summed E-state index contributed by atoms with van der Waals surface area (Å²) in [6.45, 7) is 6.46. The van der Waals surface area contributed by atoms with Crippen molar-refractivity contribution in [3.05, 3.63) is 29.8 Å². The topological polar surface area (TPSA) is 70.2 Å². The molecule has 1 saturated heterocycles. The second-order valence-electron chi connectivity index (χ2n) is 6.77. The fourth-order valence-electron chi connectivity index (χ4n) is 3.20. The third-order valence-electron chi connectivity index (χ3n) is 4.66. The van der Waals surface area contributed by atoms with Crippen LogP contribution in [-0.2, 0) is 16.0 Å². The smallest absolute Gasteiger partial charge is 0.221 e. The number of benzene rings is 1. The van der Waals surface area contributed by atoms with E-state index >= 15 is 0 Å². The second-order valence-corrected chi connectivity index (χ2v) is 6.77. The third kappa shape index (κ3) is 6.32. The highest BCUT2D eigenvalue weighted by atomic mass is 16.2. The van der Waals surface area contributed by atoms with Crippen molar-refractivity contribution in [3.8, 4) is 0 Å². The lowest BCUT2D eigenvalue weighted by Crippen LogP contribution is -2.36. The van der Waals surface area contributed by atoms with Crippen LogP contribution in [0.25, 0.3) is 0 Å². The van der Waals surface area contributed by atoms with Crippen molar-refractivity contribution in [2.45, 2.75) is 39.5 Å². The molecule has 2 amide bonds. The maximum atomic E-state index is 12.1. The van der Waals surface area contributed by atoms with Gasteiger partial charge in [-0.3, -0.25) is 9.59 Å². The minimum Gasteiger partial charge on any atom is -0.356 e. The van der Waals surface area contributed by atoms with Gasteiger partial charge in [-0.05, 0) is 61.9 Å². The first kappa shape index (κ1) is 18.5. The first-order valence-electron chi connectivity index (χ1n) is 8.88. The zero-order chi connectivity index (χ0) is 17.4. The maximum Gasteiger partial charge on any atom is 0.221 e. The Hall–Kier alpha value is -1.88. The Morgan fingerprint density at radius 3 is 2.67 bits per heavy atom. The van der Waals surface area contributed by atoms with E-state index < -0.39 is 0 Å². The third-order valence-corrected chi connectivity index (χ3v) is 4.66. The summed E-state index contributed by atoms with van der Waals surface area (Å²) in [5, 5.41) is 9.18. The van der Waals surface area contributed by atoms with Crippen molar-refractivity contribution in [2.24, 2.45) is 11.8 Å². The molecule has 0 aromatic heterocycles. The number of carbonyl (C=O) groups excluding carboxylic acids is 2. The van der Waals surface area contributed by atoms with Gasteiger partial charge in [0.2, 0.25) is 11.8 Å². The first-order valence-corrected chi connectivity index (χ1v) is 8.88. The van der Waals surface area contributed by atoms with Gasteiger partial charge in [0.15, 0.2) is 0 Å². The number of hydrogen-bond donors (Lipinski definition) is 3. The van der Waals surface area contributed by atoms with Crippen molar-refractivity contribution < 1.29 is 9.59 Å². The predicted molar refractivity (Wildman–Crippen MR) is 96.8 cm³/mol. The van der Waals surface area contributed by atoms with Gasteiger partial charge in [0.25, 0.3) is 0 Å². The molecule has 0 saturated carbocycles. The van der Waals surface area contributed by atoms with E-state index in [2.05, 4.69) is 22.9 Å². The van der Waals surface area contributed by atoms with Gasteiger partial charge in [0, 0.05) is 25.6 Å². The molecule has 1 aromatic carbocycles. The Bertz CT molecular complexity index is 536. The van der Waals surface area contributed by atoms with E-state index in [0.717, 1.165) is 30.8 Å². The van der Waals surface area contributed by atoms with Crippen LogP contribution in [-0.4, -0.2) is 31.4 Å². The van der Waals surface area contributed by atoms with Crippen LogP contribution in [0.2, 0.25) is 0 Å². The molecule has 1 aliphatic rings. The fraction of sp³-hybridized carbons (Fsp3) is 0.579. The highest BCUT2D eigenvalue weighted by molar-refractivity contribution is 5.88. The minimum atomic E-state index is -0.0719. The number of hydrogen-bond acceptors (Lipinski definition) is 3. The molecule has 1 aromatic rings. The highest BCUT2D eigenvalue weighted by Crippen LogP contribution is 2.22. The Labute approximate surface area is 144 Å². The number of nitrogens with one attached hydrogen (secondary N) is 3. The van der Waals surface area contributed by atoms with Crippen LogP contribution in [0.5, 0.6) is 0 Å². The SMILES string of the molecule is CC(=O)Nc1ccc(CCNC(=O)CC(C)C2CCCNC2)cc1. The minimum absolute atomic E-state index is 0.0719. The normalized spacial score (nSPS) is 18.7. The highest BCUT2D eigenvalue weighted by Gasteiger charge is 2.21. The summed E-state index contributed by atoms with van der Waals surface area (Å²) in [6, 6.07) is 7.73. The number of carbonyl (C=O) groups is 2. The molecular formula is C19H29N3O2. The molecule has 2 rings (SSSR count). The standard InChI is InChI=1S/C19H29N3O2/c1-14(17-4-3-10-20-13-17)12-19(24)21-11-9-16-5-7-18(8-6-16)22-15(2)23/h5-8,14,17,20H,3-4,9-13H2,1-2H3,(H,21,24)(H,22,23). The van der Waals surface area contributed by atoms with Gasteiger partial charge < -0.3 is 16.0 Å². The molecule has 1 aliphatic heterocycles. The Balaban J connectivity index is 1.67. The molecule has 5 heteroatoms. The fourth-order valence-corrected chi connectivity index (χ4v) is 3.20. The first-order chi connectivity index (χ1) is 11.5. The van der Waals surface area contributed by atoms with Crippen LogP contribution in [0.15, 0.2) is 24.3 Å². The number of piperidine rings is 1. The molecule has 132 valence electrons. The van der Waals surface area contributed by atoms with E-state index in [9.17, 15) is 9.59 Å². The molecule has 0 bridgehead atoms. The average molecular weight is 331 g/mol. The van der Waals surface area contributed by atoms with Crippen LogP contribution in [0, 0.1) is 11.8 Å². The van der Waals surface area contributed by atoms with Gasteiger partial charge in [0.1, 0.15) is 0 Å². The summed E-state index contributed by atoms with van der Waals surface area (Å²) < 4.78 is 0. The average Bonchev–Trinajstić information content (AvgIpc) is 2.57. The molecule has 0 aliphatic carbocycles. The van der Waals surface area contributed by atoms with E-state index in [0.29, 0.717) is 24.8 Å². The van der Waals surface area contributed by atoms with Crippen LogP contribution < -0.4 is 16.0 Å². The number of rotatable bonds is 7. The molecule has 2 atom stereocenters. The molecule has 3 N–H and O–H groups in total. The number of amides is 2. The van der Waals surface area contributed by atoms with E-state index in [1.165, 1.54) is 19.8 Å². The largest absolute Gasteiger partial charge is 0.356 e. The molecule has 1 heterocycles. The van der Waals surface area contributed by atoms with E-state index in [4.69, 9.17) is 0 Å². The summed E-state index contributed by atoms with van der Waals surface area (Å²) >= 11 is 0. The summed E-state index contributed by atoms with van der Waals surface area (Å²) in [5.41, 5.74) is 1.94. The van der Waals surface area contributed by atoms with Crippen molar-refractivity contribution >= 4 is 17.5 Å². The van der Waals surface area contributed by atoms with Crippen LogP contribution in [0.4, 0.5) is 5.69 Å². The molecular weight excluding hydrogens is 302 g/mol. The summed E-state index contributed by atoms with van der Waals surface area (Å²) in [6.07, 6.45) is 3.84. The summed E-state index contributed by atoms with van der Waals surface area (Å²) in [7, 11) is 0. The Morgan fingerprint density at radius 1 is 1.29 bits per heavy atom. The van der Waals surface area contributed by atoms with E-state index in [-0.39, 0.29) is 11.8 Å². The molecule has 2 unspecified atom stereocenters. The van der Waals surface area contributed by atoms with Crippen molar-refractivity contribution in [3.63, 3.8) is 0 Å². The molecule has 0 radical (unpaired) electrons. The molecule has 5 nitrogen and oxygen atoms in total. The van der Waals surface area contributed by atoms with Crippen molar-refractivity contribution in [1.29, 1.82) is 0 Å². The predicted octanol–water partition coefficient (Wildman–Crippen LogP) is 2.33. The monoisotopic (exact) mass is 331 g/mol. The zero-order valence-corrected chi connectivity index (χ0v) is 14.7.